The van der Waals surface area contributed by atoms with Crippen molar-refractivity contribution in [3.8, 4) is 0 Å². The molecule has 1 rings (SSSR count). The molecule has 0 spiro atoms. The van der Waals surface area contributed by atoms with Crippen LogP contribution >= 0.6 is 0 Å². The van der Waals surface area contributed by atoms with Crippen LogP contribution in [0.3, 0.4) is 0 Å². The van der Waals surface area contributed by atoms with Gasteiger partial charge in [0.15, 0.2) is 0 Å². The highest BCUT2D eigenvalue weighted by Crippen LogP contribution is 2.31. The van der Waals surface area contributed by atoms with Gasteiger partial charge in [0.25, 0.3) is 0 Å². The summed E-state index contributed by atoms with van der Waals surface area (Å²) in [6.45, 7) is 7.10. The van der Waals surface area contributed by atoms with Crippen LogP contribution in [0.1, 0.15) is 33.1 Å². The molecule has 0 saturated carbocycles. The van der Waals surface area contributed by atoms with Crippen LogP contribution in [0.2, 0.25) is 0 Å². The molecule has 0 aliphatic carbocycles. The number of hydrogen-bond donors (Lipinski definition) is 1. The predicted molar refractivity (Wildman–Crippen MR) is 48.3 cm³/mol. The van der Waals surface area contributed by atoms with Crippen molar-refractivity contribution in [1.82, 2.24) is 10.4 Å². The van der Waals surface area contributed by atoms with Gasteiger partial charge in [-0.1, -0.05) is 13.8 Å². The third kappa shape index (κ3) is 2.17. The predicted octanol–water partition coefficient (Wildman–Crippen LogP) is 1.63. The highest BCUT2D eigenvalue weighted by molar-refractivity contribution is 4.80. The van der Waals surface area contributed by atoms with Gasteiger partial charge in [-0.3, -0.25) is 5.43 Å². The van der Waals surface area contributed by atoms with Gasteiger partial charge in [-0.05, 0) is 31.7 Å². The topological polar surface area (TPSA) is 15.3 Å². The maximum absolute atomic E-state index is 3.23. The lowest BCUT2D eigenvalue weighted by Crippen LogP contribution is -2.47. The average Bonchev–Trinajstić information content (AvgIpc) is 2.05. The molecular formula is C9H20N2. The lowest BCUT2D eigenvalue weighted by molar-refractivity contribution is 0.0661. The number of hydrazine groups is 1. The van der Waals surface area contributed by atoms with Gasteiger partial charge >= 0.3 is 0 Å². The zero-order valence-corrected chi connectivity index (χ0v) is 7.98. The van der Waals surface area contributed by atoms with Crippen LogP contribution in [0.5, 0.6) is 0 Å². The van der Waals surface area contributed by atoms with Gasteiger partial charge in [0.2, 0.25) is 0 Å². The molecule has 1 aliphatic rings. The van der Waals surface area contributed by atoms with Gasteiger partial charge in [0.1, 0.15) is 0 Å². The molecule has 11 heavy (non-hydrogen) atoms. The minimum atomic E-state index is 0.557. The third-order valence-electron chi connectivity index (χ3n) is 2.95. The second kappa shape index (κ2) is 3.55. The first-order chi connectivity index (χ1) is 5.20. The van der Waals surface area contributed by atoms with E-state index in [2.05, 4.69) is 24.3 Å². The smallest absolute Gasteiger partial charge is 0.0184 e. The van der Waals surface area contributed by atoms with Gasteiger partial charge in [0.05, 0.1) is 0 Å². The number of nitrogens with one attached hydrogen (secondary N) is 1. The Morgan fingerprint density at radius 3 is 2.82 bits per heavy atom. The van der Waals surface area contributed by atoms with E-state index in [4.69, 9.17) is 0 Å². The Kier molecular flexibility index (Phi) is 2.90. The molecular weight excluding hydrogens is 136 g/mol. The summed E-state index contributed by atoms with van der Waals surface area (Å²) < 4.78 is 0. The summed E-state index contributed by atoms with van der Waals surface area (Å²) in [6, 6.07) is 0. The van der Waals surface area contributed by atoms with Crippen molar-refractivity contribution in [2.75, 3.05) is 20.1 Å². The van der Waals surface area contributed by atoms with Crippen LogP contribution in [0, 0.1) is 5.41 Å². The fraction of sp³-hybridized carbons (Fsp3) is 1.00. The maximum atomic E-state index is 3.23. The molecule has 1 atom stereocenters. The van der Waals surface area contributed by atoms with Crippen molar-refractivity contribution in [3.63, 3.8) is 0 Å². The zero-order valence-electron chi connectivity index (χ0n) is 7.98. The Balaban J connectivity index is 2.44. The summed E-state index contributed by atoms with van der Waals surface area (Å²) in [6.07, 6.45) is 4.03. The summed E-state index contributed by atoms with van der Waals surface area (Å²) in [5.74, 6) is 0. The number of hydrogen-bond acceptors (Lipinski definition) is 2. The fourth-order valence-corrected chi connectivity index (χ4v) is 1.80. The van der Waals surface area contributed by atoms with Crippen LogP contribution in [-0.2, 0) is 0 Å². The highest BCUT2D eigenvalue weighted by atomic mass is 15.5. The summed E-state index contributed by atoms with van der Waals surface area (Å²) in [5.41, 5.74) is 3.78. The van der Waals surface area contributed by atoms with E-state index < -0.39 is 0 Å². The molecule has 1 fully saturated rings. The molecule has 0 aromatic carbocycles. The molecule has 0 aromatic heterocycles. The van der Waals surface area contributed by atoms with E-state index in [1.165, 1.54) is 32.4 Å². The van der Waals surface area contributed by atoms with Crippen molar-refractivity contribution < 1.29 is 0 Å². The van der Waals surface area contributed by atoms with Crippen LogP contribution in [0.25, 0.3) is 0 Å². The van der Waals surface area contributed by atoms with E-state index in [9.17, 15) is 0 Å². The number of rotatable bonds is 2. The molecule has 1 heterocycles. The minimum Gasteiger partial charge on any atom is -0.258 e. The Bertz CT molecular complexity index is 125. The molecule has 0 radical (unpaired) electrons. The lowest BCUT2D eigenvalue weighted by Gasteiger charge is -2.39. The first-order valence-electron chi connectivity index (χ1n) is 4.62. The Labute approximate surface area is 69.9 Å². The molecule has 66 valence electrons. The normalized spacial score (nSPS) is 34.1. The van der Waals surface area contributed by atoms with Crippen LogP contribution in [0.15, 0.2) is 0 Å². The zero-order chi connectivity index (χ0) is 8.32. The fourth-order valence-electron chi connectivity index (χ4n) is 1.80. The summed E-state index contributed by atoms with van der Waals surface area (Å²) >= 11 is 0. The van der Waals surface area contributed by atoms with Crippen molar-refractivity contribution in [2.24, 2.45) is 5.41 Å². The van der Waals surface area contributed by atoms with Gasteiger partial charge in [-0.15, -0.1) is 0 Å². The number of piperidine rings is 1. The SMILES string of the molecule is CCC1(C)CCCN(NC)C1. The van der Waals surface area contributed by atoms with Gasteiger partial charge < -0.3 is 0 Å². The van der Waals surface area contributed by atoms with Gasteiger partial charge in [-0.2, -0.15) is 0 Å². The Morgan fingerprint density at radius 2 is 2.27 bits per heavy atom. The molecule has 0 aromatic rings. The quantitative estimate of drug-likeness (QED) is 0.653. The minimum absolute atomic E-state index is 0.557. The second-order valence-electron chi connectivity index (χ2n) is 3.91. The molecule has 0 amide bonds. The largest absolute Gasteiger partial charge is 0.258 e. The second-order valence-corrected chi connectivity index (χ2v) is 3.91. The van der Waals surface area contributed by atoms with Gasteiger partial charge in [-0.25, -0.2) is 5.01 Å². The van der Waals surface area contributed by atoms with E-state index in [1.54, 1.807) is 0 Å². The Morgan fingerprint density at radius 1 is 1.55 bits per heavy atom. The van der Waals surface area contributed by atoms with E-state index in [1.807, 2.05) is 7.05 Å². The average molecular weight is 156 g/mol. The van der Waals surface area contributed by atoms with E-state index in [0.29, 0.717) is 5.41 Å². The van der Waals surface area contributed by atoms with E-state index in [0.717, 1.165) is 0 Å². The van der Waals surface area contributed by atoms with Crippen molar-refractivity contribution in [2.45, 2.75) is 33.1 Å². The summed E-state index contributed by atoms with van der Waals surface area (Å²) in [4.78, 5) is 0. The van der Waals surface area contributed by atoms with Crippen LogP contribution in [0.4, 0.5) is 0 Å². The monoisotopic (exact) mass is 156 g/mol. The first kappa shape index (κ1) is 9.01. The van der Waals surface area contributed by atoms with Crippen molar-refractivity contribution >= 4 is 0 Å². The number of nitrogens with zero attached hydrogens (tertiary/aromatic N) is 1. The van der Waals surface area contributed by atoms with Crippen molar-refractivity contribution in [1.29, 1.82) is 0 Å². The molecule has 1 N–H and O–H groups in total. The molecule has 1 unspecified atom stereocenters. The summed E-state index contributed by atoms with van der Waals surface area (Å²) in [5, 5.41) is 2.33. The van der Waals surface area contributed by atoms with Crippen LogP contribution in [-0.4, -0.2) is 25.1 Å². The van der Waals surface area contributed by atoms with E-state index >= 15 is 0 Å². The maximum Gasteiger partial charge on any atom is 0.0184 e. The molecule has 0 bridgehead atoms. The van der Waals surface area contributed by atoms with E-state index in [-0.39, 0.29) is 0 Å². The highest BCUT2D eigenvalue weighted by Gasteiger charge is 2.28. The molecule has 1 aliphatic heterocycles. The van der Waals surface area contributed by atoms with Crippen LogP contribution < -0.4 is 5.43 Å². The standard InChI is InChI=1S/C9H20N2/c1-4-9(2)6-5-7-11(8-9)10-3/h10H,4-8H2,1-3H3. The summed E-state index contributed by atoms with van der Waals surface area (Å²) in [7, 11) is 2.02. The first-order valence-corrected chi connectivity index (χ1v) is 4.62. The third-order valence-corrected chi connectivity index (χ3v) is 2.95. The lowest BCUT2D eigenvalue weighted by atomic mass is 9.80. The molecule has 1 saturated heterocycles. The van der Waals surface area contributed by atoms with Crippen molar-refractivity contribution in [3.05, 3.63) is 0 Å². The molecule has 2 heteroatoms. The Hall–Kier alpha value is -0.0800. The molecule has 2 nitrogen and oxygen atoms in total. The van der Waals surface area contributed by atoms with Gasteiger partial charge in [0, 0.05) is 13.1 Å².